The zero-order valence-electron chi connectivity index (χ0n) is 14.3. The lowest BCUT2D eigenvalue weighted by molar-refractivity contribution is -0.118. The summed E-state index contributed by atoms with van der Waals surface area (Å²) in [7, 11) is 1.63. The lowest BCUT2D eigenvalue weighted by Crippen LogP contribution is -2.44. The summed E-state index contributed by atoms with van der Waals surface area (Å²) in [6, 6.07) is 5.85. The molecule has 1 aliphatic carbocycles. The van der Waals surface area contributed by atoms with E-state index in [1.54, 1.807) is 7.11 Å². The molecular formula is C19H28N2O2. The highest BCUT2D eigenvalue weighted by Crippen LogP contribution is 2.36. The molecule has 0 bridgehead atoms. The average Bonchev–Trinajstić information content (AvgIpc) is 2.55. The molecule has 0 spiro atoms. The van der Waals surface area contributed by atoms with Crippen molar-refractivity contribution in [1.29, 1.82) is 0 Å². The fourth-order valence-corrected chi connectivity index (χ4v) is 4.13. The number of amides is 1. The number of rotatable bonds is 4. The monoisotopic (exact) mass is 316 g/mol. The minimum absolute atomic E-state index is 0.0585. The second-order valence-electron chi connectivity index (χ2n) is 7.08. The van der Waals surface area contributed by atoms with Crippen LogP contribution in [-0.4, -0.2) is 37.6 Å². The van der Waals surface area contributed by atoms with Crippen molar-refractivity contribution in [3.05, 3.63) is 23.8 Å². The van der Waals surface area contributed by atoms with Crippen LogP contribution >= 0.6 is 0 Å². The summed E-state index contributed by atoms with van der Waals surface area (Å²) in [5.41, 5.74) is 1.88. The van der Waals surface area contributed by atoms with Crippen molar-refractivity contribution < 1.29 is 9.53 Å². The number of nitrogens with zero attached hydrogens (tertiary/aromatic N) is 1. The number of nitrogens with one attached hydrogen (secondary N) is 1. The number of likely N-dealkylation sites (tertiary alicyclic amines) is 1. The second-order valence-corrected chi connectivity index (χ2v) is 7.08. The maximum absolute atomic E-state index is 12.4. The van der Waals surface area contributed by atoms with Crippen molar-refractivity contribution in [3.8, 4) is 5.75 Å². The summed E-state index contributed by atoms with van der Waals surface area (Å²) in [6.07, 6.45) is 6.75. The van der Waals surface area contributed by atoms with Gasteiger partial charge >= 0.3 is 0 Å². The standard InChI is InChI=1S/C19H28N2O2/c1-14-7-8-18(23-2)17(11-14)20-19(22)13-21-10-9-15-5-3-4-6-16(15)12-21/h7-8,11,15-16H,3-6,9-10,12-13H2,1-2H3,(H,20,22)/t15-,16+/m0/s1. The van der Waals surface area contributed by atoms with Crippen LogP contribution in [-0.2, 0) is 4.79 Å². The molecule has 126 valence electrons. The Morgan fingerprint density at radius 1 is 1.26 bits per heavy atom. The van der Waals surface area contributed by atoms with E-state index in [4.69, 9.17) is 4.74 Å². The van der Waals surface area contributed by atoms with Gasteiger partial charge in [0.1, 0.15) is 5.75 Å². The molecule has 1 aliphatic heterocycles. The van der Waals surface area contributed by atoms with Gasteiger partial charge in [-0.3, -0.25) is 9.69 Å². The van der Waals surface area contributed by atoms with Crippen molar-refractivity contribution >= 4 is 11.6 Å². The molecule has 1 amide bonds. The first-order valence-corrected chi connectivity index (χ1v) is 8.82. The molecular weight excluding hydrogens is 288 g/mol. The number of carbonyl (C=O) groups is 1. The van der Waals surface area contributed by atoms with Gasteiger partial charge in [-0.2, -0.15) is 0 Å². The van der Waals surface area contributed by atoms with Crippen LogP contribution in [0.15, 0.2) is 18.2 Å². The predicted octanol–water partition coefficient (Wildman–Crippen LogP) is 3.45. The molecule has 1 aromatic carbocycles. The van der Waals surface area contributed by atoms with Crippen LogP contribution in [0.4, 0.5) is 5.69 Å². The molecule has 4 heteroatoms. The Labute approximate surface area is 139 Å². The van der Waals surface area contributed by atoms with Gasteiger partial charge in [-0.1, -0.05) is 25.3 Å². The first kappa shape index (κ1) is 16.3. The Hall–Kier alpha value is -1.55. The second kappa shape index (κ2) is 7.35. The summed E-state index contributed by atoms with van der Waals surface area (Å²) in [5, 5.41) is 3.02. The smallest absolute Gasteiger partial charge is 0.238 e. The van der Waals surface area contributed by atoms with E-state index in [2.05, 4.69) is 10.2 Å². The van der Waals surface area contributed by atoms with Gasteiger partial charge in [-0.25, -0.2) is 0 Å². The van der Waals surface area contributed by atoms with Crippen molar-refractivity contribution in [2.24, 2.45) is 11.8 Å². The van der Waals surface area contributed by atoms with Gasteiger partial charge in [-0.15, -0.1) is 0 Å². The molecule has 2 fully saturated rings. The number of piperidine rings is 1. The molecule has 0 radical (unpaired) electrons. The van der Waals surface area contributed by atoms with Gasteiger partial charge < -0.3 is 10.1 Å². The van der Waals surface area contributed by atoms with Gasteiger partial charge in [0.15, 0.2) is 0 Å². The summed E-state index contributed by atoms with van der Waals surface area (Å²) in [6.45, 7) is 4.64. The third kappa shape index (κ3) is 4.05. The van der Waals surface area contributed by atoms with E-state index < -0.39 is 0 Å². The molecule has 1 saturated heterocycles. The van der Waals surface area contributed by atoms with Crippen molar-refractivity contribution in [2.75, 3.05) is 32.1 Å². The maximum atomic E-state index is 12.4. The zero-order valence-corrected chi connectivity index (χ0v) is 14.3. The normalized spacial score (nSPS) is 24.8. The molecule has 1 heterocycles. The average molecular weight is 316 g/mol. The molecule has 3 rings (SSSR count). The van der Waals surface area contributed by atoms with Crippen LogP contribution in [0.3, 0.4) is 0 Å². The molecule has 0 aromatic heterocycles. The molecule has 23 heavy (non-hydrogen) atoms. The highest BCUT2D eigenvalue weighted by atomic mass is 16.5. The molecule has 2 aliphatic rings. The van der Waals surface area contributed by atoms with Crippen molar-refractivity contribution in [3.63, 3.8) is 0 Å². The predicted molar refractivity (Wildman–Crippen MR) is 92.9 cm³/mol. The Morgan fingerprint density at radius 2 is 2.04 bits per heavy atom. The number of benzene rings is 1. The first-order valence-electron chi connectivity index (χ1n) is 8.82. The van der Waals surface area contributed by atoms with E-state index in [9.17, 15) is 4.79 Å². The fourth-order valence-electron chi connectivity index (χ4n) is 4.13. The van der Waals surface area contributed by atoms with Crippen LogP contribution in [0.1, 0.15) is 37.7 Å². The maximum Gasteiger partial charge on any atom is 0.238 e. The number of aryl methyl sites for hydroxylation is 1. The van der Waals surface area contributed by atoms with E-state index in [0.29, 0.717) is 6.54 Å². The molecule has 1 saturated carbocycles. The lowest BCUT2D eigenvalue weighted by atomic mass is 9.75. The van der Waals surface area contributed by atoms with E-state index in [0.717, 1.165) is 41.9 Å². The van der Waals surface area contributed by atoms with Gasteiger partial charge in [0.25, 0.3) is 0 Å². The minimum atomic E-state index is 0.0585. The molecule has 2 atom stereocenters. The van der Waals surface area contributed by atoms with Crippen LogP contribution in [0.2, 0.25) is 0 Å². The third-order valence-corrected chi connectivity index (χ3v) is 5.37. The Kier molecular flexibility index (Phi) is 5.21. The number of hydrogen-bond donors (Lipinski definition) is 1. The largest absolute Gasteiger partial charge is 0.495 e. The van der Waals surface area contributed by atoms with Gasteiger partial charge in [0, 0.05) is 6.54 Å². The molecule has 1 N–H and O–H groups in total. The quantitative estimate of drug-likeness (QED) is 0.925. The zero-order chi connectivity index (χ0) is 16.2. The SMILES string of the molecule is COc1ccc(C)cc1NC(=O)CN1CC[C@@H]2CCCC[C@@H]2C1. The number of anilines is 1. The highest BCUT2D eigenvalue weighted by molar-refractivity contribution is 5.93. The van der Waals surface area contributed by atoms with E-state index in [1.165, 1.54) is 32.1 Å². The topological polar surface area (TPSA) is 41.6 Å². The van der Waals surface area contributed by atoms with E-state index in [1.807, 2.05) is 25.1 Å². The van der Waals surface area contributed by atoms with Gasteiger partial charge in [-0.05, 0) is 55.8 Å². The van der Waals surface area contributed by atoms with Gasteiger partial charge in [0.05, 0.1) is 19.3 Å². The van der Waals surface area contributed by atoms with Crippen LogP contribution in [0, 0.1) is 18.8 Å². The molecule has 1 aromatic rings. The number of carbonyl (C=O) groups excluding carboxylic acids is 1. The number of hydrogen-bond acceptors (Lipinski definition) is 3. The number of methoxy groups -OCH3 is 1. The minimum Gasteiger partial charge on any atom is -0.495 e. The lowest BCUT2D eigenvalue weighted by Gasteiger charge is -2.41. The van der Waals surface area contributed by atoms with Crippen LogP contribution < -0.4 is 10.1 Å². The van der Waals surface area contributed by atoms with E-state index in [-0.39, 0.29) is 5.91 Å². The Bertz CT molecular complexity index is 558. The Balaban J connectivity index is 1.56. The summed E-state index contributed by atoms with van der Waals surface area (Å²) in [5.74, 6) is 2.48. The molecule has 4 nitrogen and oxygen atoms in total. The first-order chi connectivity index (χ1) is 11.2. The molecule has 0 unspecified atom stereocenters. The third-order valence-electron chi connectivity index (χ3n) is 5.37. The summed E-state index contributed by atoms with van der Waals surface area (Å²) < 4.78 is 5.33. The number of ether oxygens (including phenoxy) is 1. The number of fused-ring (bicyclic) bond motifs is 1. The summed E-state index contributed by atoms with van der Waals surface area (Å²) >= 11 is 0. The van der Waals surface area contributed by atoms with Gasteiger partial charge in [0.2, 0.25) is 5.91 Å². The van der Waals surface area contributed by atoms with Crippen LogP contribution in [0.25, 0.3) is 0 Å². The van der Waals surface area contributed by atoms with E-state index >= 15 is 0 Å². The summed E-state index contributed by atoms with van der Waals surface area (Å²) in [4.78, 5) is 14.7. The van der Waals surface area contributed by atoms with Crippen LogP contribution in [0.5, 0.6) is 5.75 Å². The highest BCUT2D eigenvalue weighted by Gasteiger charge is 2.31. The Morgan fingerprint density at radius 3 is 2.83 bits per heavy atom. The van der Waals surface area contributed by atoms with Crippen molar-refractivity contribution in [2.45, 2.75) is 39.0 Å². The van der Waals surface area contributed by atoms with Crippen molar-refractivity contribution in [1.82, 2.24) is 4.90 Å². The fraction of sp³-hybridized carbons (Fsp3) is 0.632.